The minimum Gasteiger partial charge on any atom is -0.382 e. The van der Waals surface area contributed by atoms with Gasteiger partial charge in [0.05, 0.1) is 10.7 Å². The molecular formula is C21H30N6O2S3. The number of anilines is 1. The molecule has 0 aliphatic carbocycles. The number of nitrogens with two attached hydrogens (primary N) is 2. The van der Waals surface area contributed by atoms with E-state index in [9.17, 15) is 4.79 Å². The highest BCUT2D eigenvalue weighted by Crippen LogP contribution is 2.32. The Morgan fingerprint density at radius 3 is 2.22 bits per heavy atom. The first-order valence-electron chi connectivity index (χ1n) is 9.53. The summed E-state index contributed by atoms with van der Waals surface area (Å²) in [7, 11) is 5.43. The fraction of sp³-hybridized carbons (Fsp3) is 0.333. The third kappa shape index (κ3) is 9.33. The molecule has 0 saturated heterocycles. The van der Waals surface area contributed by atoms with Gasteiger partial charge < -0.3 is 21.4 Å². The van der Waals surface area contributed by atoms with Crippen molar-refractivity contribution in [3.05, 3.63) is 40.8 Å². The molecule has 0 aliphatic heterocycles. The first-order chi connectivity index (χ1) is 15.2. The molecule has 3 rings (SSSR count). The van der Waals surface area contributed by atoms with Crippen LogP contribution in [0.25, 0.3) is 22.6 Å². The number of carbonyl (C=O) groups excluding carboxylic acids is 2. The van der Waals surface area contributed by atoms with Gasteiger partial charge in [0.15, 0.2) is 0 Å². The molecule has 0 aliphatic rings. The zero-order valence-corrected chi connectivity index (χ0v) is 21.3. The van der Waals surface area contributed by atoms with Crippen molar-refractivity contribution in [1.82, 2.24) is 19.9 Å². The van der Waals surface area contributed by atoms with Crippen LogP contribution in [0, 0.1) is 6.92 Å². The Hall–Kier alpha value is -2.50. The van der Waals surface area contributed by atoms with Crippen molar-refractivity contribution in [3.8, 4) is 22.6 Å². The SMILES string of the molecule is CSSC(C)(C)CNC=O.Cc1nc(-c2ccc(-c3nc(N)cn3C)cc2)cs1.NC=O. The maximum absolute atomic E-state index is 9.93. The number of aromatic nitrogens is 3. The second-order valence-electron chi connectivity index (χ2n) is 7.07. The lowest BCUT2D eigenvalue weighted by molar-refractivity contribution is -0.109. The van der Waals surface area contributed by atoms with Gasteiger partial charge in [0.2, 0.25) is 12.8 Å². The Labute approximate surface area is 201 Å². The van der Waals surface area contributed by atoms with Crippen LogP contribution in [0.4, 0.5) is 5.82 Å². The monoisotopic (exact) mass is 494 g/mol. The average molecular weight is 495 g/mol. The Kier molecular flexibility index (Phi) is 11.9. The van der Waals surface area contributed by atoms with E-state index < -0.39 is 0 Å². The highest BCUT2D eigenvalue weighted by Gasteiger charge is 2.16. The summed E-state index contributed by atoms with van der Waals surface area (Å²) in [5.41, 5.74) is 13.1. The molecule has 2 heterocycles. The minimum atomic E-state index is 0.139. The van der Waals surface area contributed by atoms with Crippen molar-refractivity contribution < 1.29 is 9.59 Å². The van der Waals surface area contributed by atoms with E-state index in [0.29, 0.717) is 5.82 Å². The van der Waals surface area contributed by atoms with E-state index in [1.54, 1.807) is 32.9 Å². The van der Waals surface area contributed by atoms with Gasteiger partial charge >= 0.3 is 0 Å². The summed E-state index contributed by atoms with van der Waals surface area (Å²) in [5.74, 6) is 1.41. The van der Waals surface area contributed by atoms with Crippen LogP contribution in [-0.2, 0) is 16.6 Å². The summed E-state index contributed by atoms with van der Waals surface area (Å²) >= 11 is 1.66. The fourth-order valence-corrected chi connectivity index (χ4v) is 5.33. The molecule has 0 spiro atoms. The maximum Gasteiger partial charge on any atom is 0.207 e. The van der Waals surface area contributed by atoms with Gasteiger partial charge in [0, 0.05) is 41.0 Å². The number of carbonyl (C=O) groups is 2. The summed E-state index contributed by atoms with van der Waals surface area (Å²) < 4.78 is 2.07. The van der Waals surface area contributed by atoms with E-state index in [1.165, 1.54) is 0 Å². The molecule has 0 fully saturated rings. The number of aryl methyl sites for hydroxylation is 2. The lowest BCUT2D eigenvalue weighted by Gasteiger charge is -2.21. The van der Waals surface area contributed by atoms with E-state index in [0.717, 1.165) is 40.6 Å². The largest absolute Gasteiger partial charge is 0.382 e. The Morgan fingerprint density at radius 1 is 1.19 bits per heavy atom. The number of hydrogen-bond acceptors (Lipinski definition) is 8. The van der Waals surface area contributed by atoms with Gasteiger partial charge in [0.25, 0.3) is 0 Å². The van der Waals surface area contributed by atoms with Gasteiger partial charge in [0.1, 0.15) is 11.6 Å². The molecule has 0 bridgehead atoms. The number of primary amides is 1. The number of hydrogen-bond donors (Lipinski definition) is 3. The summed E-state index contributed by atoms with van der Waals surface area (Å²) in [6.45, 7) is 6.94. The molecule has 1 aromatic carbocycles. The number of thiazole rings is 1. The van der Waals surface area contributed by atoms with Gasteiger partial charge in [-0.15, -0.1) is 11.3 Å². The molecule has 2 aromatic heterocycles. The highest BCUT2D eigenvalue weighted by atomic mass is 33.1. The Morgan fingerprint density at radius 2 is 1.78 bits per heavy atom. The van der Waals surface area contributed by atoms with Crippen LogP contribution < -0.4 is 16.8 Å². The summed E-state index contributed by atoms with van der Waals surface area (Å²) in [6.07, 6.45) is 4.84. The van der Waals surface area contributed by atoms with Crippen LogP contribution in [-0.4, -0.2) is 44.9 Å². The van der Waals surface area contributed by atoms with E-state index in [-0.39, 0.29) is 11.2 Å². The second kappa shape index (κ2) is 13.8. The van der Waals surface area contributed by atoms with Crippen LogP contribution in [0.3, 0.4) is 0 Å². The molecule has 5 N–H and O–H groups in total. The number of nitrogens with one attached hydrogen (secondary N) is 1. The quantitative estimate of drug-likeness (QED) is 0.337. The van der Waals surface area contributed by atoms with Crippen molar-refractivity contribution in [3.63, 3.8) is 0 Å². The van der Waals surface area contributed by atoms with E-state index in [4.69, 9.17) is 10.5 Å². The smallest absolute Gasteiger partial charge is 0.207 e. The third-order valence-corrected chi connectivity index (χ3v) is 7.26. The highest BCUT2D eigenvalue weighted by molar-refractivity contribution is 8.76. The second-order valence-corrected chi connectivity index (χ2v) is 11.2. The fourth-order valence-electron chi connectivity index (χ4n) is 2.59. The topological polar surface area (TPSA) is 129 Å². The van der Waals surface area contributed by atoms with Gasteiger partial charge in [-0.2, -0.15) is 0 Å². The maximum atomic E-state index is 9.93. The Bertz CT molecular complexity index is 970. The van der Waals surface area contributed by atoms with Crippen LogP contribution in [0.5, 0.6) is 0 Å². The van der Waals surface area contributed by atoms with Crippen LogP contribution in [0.2, 0.25) is 0 Å². The molecule has 174 valence electrons. The van der Waals surface area contributed by atoms with Crippen molar-refractivity contribution in [2.24, 2.45) is 12.8 Å². The molecule has 32 heavy (non-hydrogen) atoms. The van der Waals surface area contributed by atoms with Gasteiger partial charge in [-0.1, -0.05) is 45.9 Å². The van der Waals surface area contributed by atoms with Crippen LogP contribution >= 0.6 is 32.9 Å². The lowest BCUT2D eigenvalue weighted by Crippen LogP contribution is -2.30. The average Bonchev–Trinajstić information content (AvgIpc) is 3.32. The molecule has 2 amide bonds. The van der Waals surface area contributed by atoms with E-state index in [1.807, 2.05) is 43.1 Å². The van der Waals surface area contributed by atoms with E-state index in [2.05, 4.69) is 52.4 Å². The van der Waals surface area contributed by atoms with Crippen molar-refractivity contribution in [1.29, 1.82) is 0 Å². The zero-order valence-electron chi connectivity index (χ0n) is 18.9. The van der Waals surface area contributed by atoms with Crippen LogP contribution in [0.15, 0.2) is 35.8 Å². The van der Waals surface area contributed by atoms with Gasteiger partial charge in [-0.3, -0.25) is 9.59 Å². The summed E-state index contributed by atoms with van der Waals surface area (Å²) in [5, 5.41) is 5.81. The number of benzene rings is 1. The molecular weight excluding hydrogens is 464 g/mol. The predicted molar refractivity (Wildman–Crippen MR) is 138 cm³/mol. The lowest BCUT2D eigenvalue weighted by atomic mass is 10.1. The number of amides is 2. The number of nitrogen functional groups attached to an aromatic ring is 1. The predicted octanol–water partition coefficient (Wildman–Crippen LogP) is 3.72. The molecule has 3 aromatic rings. The third-order valence-electron chi connectivity index (χ3n) is 3.87. The molecule has 0 unspecified atom stereocenters. The molecule has 8 nitrogen and oxygen atoms in total. The van der Waals surface area contributed by atoms with Gasteiger partial charge in [-0.25, -0.2) is 9.97 Å². The summed E-state index contributed by atoms with van der Waals surface area (Å²) in [6, 6.07) is 8.22. The van der Waals surface area contributed by atoms with Crippen molar-refractivity contribution in [2.45, 2.75) is 25.5 Å². The standard InChI is InChI=1S/C14H14N4S.C6H13NOS2.CH3NO/c1-9-16-12(8-19-9)10-3-5-11(6-4-10)14-17-13(15)7-18(14)2;1-6(2,10-9-3)4-7-5-8;2-1-3/h3-8H,15H2,1-2H3;5H,4H2,1-3H3,(H,7,8);1H,(H2,2,3). The van der Waals surface area contributed by atoms with Crippen LogP contribution in [0.1, 0.15) is 18.9 Å². The number of rotatable bonds is 7. The zero-order chi connectivity index (χ0) is 24.1. The normalized spacial score (nSPS) is 10.3. The van der Waals surface area contributed by atoms with Gasteiger partial charge in [-0.05, 0) is 27.0 Å². The minimum absolute atomic E-state index is 0.139. The summed E-state index contributed by atoms with van der Waals surface area (Å²) in [4.78, 5) is 27.3. The van der Waals surface area contributed by atoms with Crippen molar-refractivity contribution >= 4 is 51.6 Å². The Balaban J connectivity index is 0.000000335. The van der Waals surface area contributed by atoms with E-state index >= 15 is 0 Å². The molecule has 0 saturated carbocycles. The molecule has 11 heteroatoms. The van der Waals surface area contributed by atoms with Crippen molar-refractivity contribution in [2.75, 3.05) is 18.5 Å². The number of imidazole rings is 1. The first kappa shape index (κ1) is 27.5. The first-order valence-corrected chi connectivity index (χ1v) is 13.0. The molecule has 0 atom stereocenters. The molecule has 0 radical (unpaired) electrons. The number of nitrogens with zero attached hydrogens (tertiary/aromatic N) is 3.